The van der Waals surface area contributed by atoms with Crippen LogP contribution in [0.5, 0.6) is 5.75 Å². The SMILES string of the molecule is COc1ccc(-c2nc(-c3ccc4c(c3)ncn4CCC(=O)N3CCCCC3)no2)cc1. The van der Waals surface area contributed by atoms with E-state index in [1.54, 1.807) is 13.4 Å². The monoisotopic (exact) mass is 431 g/mol. The van der Waals surface area contributed by atoms with Gasteiger partial charge >= 0.3 is 0 Å². The Balaban J connectivity index is 1.30. The maximum atomic E-state index is 12.5. The van der Waals surface area contributed by atoms with Crippen LogP contribution in [0.25, 0.3) is 33.9 Å². The van der Waals surface area contributed by atoms with E-state index in [4.69, 9.17) is 9.26 Å². The zero-order valence-electron chi connectivity index (χ0n) is 18.0. The first-order valence-corrected chi connectivity index (χ1v) is 10.9. The van der Waals surface area contributed by atoms with E-state index in [0.717, 1.165) is 53.8 Å². The summed E-state index contributed by atoms with van der Waals surface area (Å²) in [6.07, 6.45) is 5.72. The van der Waals surface area contributed by atoms with Gasteiger partial charge < -0.3 is 18.7 Å². The maximum absolute atomic E-state index is 12.5. The fourth-order valence-corrected chi connectivity index (χ4v) is 4.09. The lowest BCUT2D eigenvalue weighted by molar-refractivity contribution is -0.132. The molecule has 164 valence electrons. The van der Waals surface area contributed by atoms with Crippen molar-refractivity contribution in [3.8, 4) is 28.6 Å². The van der Waals surface area contributed by atoms with Crippen LogP contribution in [-0.4, -0.2) is 50.7 Å². The highest BCUT2D eigenvalue weighted by molar-refractivity contribution is 5.81. The molecule has 32 heavy (non-hydrogen) atoms. The molecule has 1 amide bonds. The van der Waals surface area contributed by atoms with Crippen molar-refractivity contribution in [3.63, 3.8) is 0 Å². The Kier molecular flexibility index (Phi) is 5.58. The van der Waals surface area contributed by atoms with Crippen LogP contribution in [0, 0.1) is 0 Å². The highest BCUT2D eigenvalue weighted by atomic mass is 16.5. The van der Waals surface area contributed by atoms with Gasteiger partial charge in [0.15, 0.2) is 0 Å². The summed E-state index contributed by atoms with van der Waals surface area (Å²) in [6, 6.07) is 13.4. The number of aryl methyl sites for hydroxylation is 1. The quantitative estimate of drug-likeness (QED) is 0.456. The lowest BCUT2D eigenvalue weighted by Crippen LogP contribution is -2.35. The summed E-state index contributed by atoms with van der Waals surface area (Å²) in [6.45, 7) is 2.39. The Morgan fingerprint density at radius 2 is 1.84 bits per heavy atom. The number of carbonyl (C=O) groups is 1. The van der Waals surface area contributed by atoms with Gasteiger partial charge in [-0.2, -0.15) is 4.98 Å². The van der Waals surface area contributed by atoms with Crippen LogP contribution >= 0.6 is 0 Å². The van der Waals surface area contributed by atoms with Gasteiger partial charge in [-0.05, 0) is 61.7 Å². The number of likely N-dealkylation sites (tertiary alicyclic amines) is 1. The highest BCUT2D eigenvalue weighted by Gasteiger charge is 2.17. The number of hydrogen-bond acceptors (Lipinski definition) is 6. The number of nitrogens with zero attached hydrogens (tertiary/aromatic N) is 5. The van der Waals surface area contributed by atoms with Gasteiger partial charge in [-0.15, -0.1) is 0 Å². The van der Waals surface area contributed by atoms with Crippen LogP contribution in [0.2, 0.25) is 0 Å². The lowest BCUT2D eigenvalue weighted by Gasteiger charge is -2.26. The molecule has 5 rings (SSSR count). The van der Waals surface area contributed by atoms with Crippen molar-refractivity contribution in [1.29, 1.82) is 0 Å². The van der Waals surface area contributed by atoms with Gasteiger partial charge in [0.1, 0.15) is 5.75 Å². The number of benzene rings is 2. The number of amides is 1. The number of piperidine rings is 1. The first-order chi connectivity index (χ1) is 15.7. The van der Waals surface area contributed by atoms with Crippen molar-refractivity contribution >= 4 is 16.9 Å². The predicted molar refractivity (Wildman–Crippen MR) is 120 cm³/mol. The lowest BCUT2D eigenvalue weighted by atomic mass is 10.1. The number of ether oxygens (including phenoxy) is 1. The molecule has 0 atom stereocenters. The second-order valence-electron chi connectivity index (χ2n) is 7.98. The van der Waals surface area contributed by atoms with E-state index in [-0.39, 0.29) is 5.91 Å². The zero-order valence-corrected chi connectivity index (χ0v) is 18.0. The number of methoxy groups -OCH3 is 1. The number of aromatic nitrogens is 4. The van der Waals surface area contributed by atoms with E-state index in [0.29, 0.717) is 24.7 Å². The zero-order chi connectivity index (χ0) is 21.9. The molecular weight excluding hydrogens is 406 g/mol. The predicted octanol–water partition coefficient (Wildman–Crippen LogP) is 4.16. The molecule has 8 heteroatoms. The largest absolute Gasteiger partial charge is 0.497 e. The smallest absolute Gasteiger partial charge is 0.258 e. The molecule has 1 aliphatic heterocycles. The molecule has 1 saturated heterocycles. The Bertz CT molecular complexity index is 1220. The van der Waals surface area contributed by atoms with Crippen molar-refractivity contribution in [2.24, 2.45) is 0 Å². The molecule has 2 aromatic heterocycles. The Hall–Kier alpha value is -3.68. The maximum Gasteiger partial charge on any atom is 0.258 e. The summed E-state index contributed by atoms with van der Waals surface area (Å²) in [5.41, 5.74) is 3.48. The van der Waals surface area contributed by atoms with Gasteiger partial charge in [-0.1, -0.05) is 5.16 Å². The molecule has 1 fully saturated rings. The van der Waals surface area contributed by atoms with Gasteiger partial charge in [0, 0.05) is 37.2 Å². The molecule has 0 radical (unpaired) electrons. The van der Waals surface area contributed by atoms with Gasteiger partial charge in [-0.3, -0.25) is 4.79 Å². The van der Waals surface area contributed by atoms with Gasteiger partial charge in [0.25, 0.3) is 5.89 Å². The Labute approximate surface area is 185 Å². The summed E-state index contributed by atoms with van der Waals surface area (Å²) in [5.74, 6) is 1.95. The summed E-state index contributed by atoms with van der Waals surface area (Å²) in [4.78, 5) is 23.5. The standard InChI is InChI=1S/C24H25N5O3/c1-31-19-8-5-17(6-9-19)24-26-23(27-32-24)18-7-10-21-20(15-18)25-16-29(21)14-11-22(30)28-12-3-2-4-13-28/h5-10,15-16H,2-4,11-14H2,1H3. The first-order valence-electron chi connectivity index (χ1n) is 10.9. The first kappa shape index (κ1) is 20.2. The van der Waals surface area contributed by atoms with E-state index in [2.05, 4.69) is 15.1 Å². The van der Waals surface area contributed by atoms with E-state index in [1.165, 1.54) is 6.42 Å². The molecule has 4 aromatic rings. The minimum atomic E-state index is 0.223. The summed E-state index contributed by atoms with van der Waals surface area (Å²) < 4.78 is 12.7. The number of fused-ring (bicyclic) bond motifs is 1. The van der Waals surface area contributed by atoms with E-state index < -0.39 is 0 Å². The highest BCUT2D eigenvalue weighted by Crippen LogP contribution is 2.26. The third kappa shape index (κ3) is 4.08. The molecule has 0 unspecified atom stereocenters. The number of carbonyl (C=O) groups excluding carboxylic acids is 1. The molecule has 8 nitrogen and oxygen atoms in total. The molecule has 0 bridgehead atoms. The van der Waals surface area contributed by atoms with E-state index >= 15 is 0 Å². The molecule has 0 spiro atoms. The van der Waals surface area contributed by atoms with Crippen molar-refractivity contribution in [1.82, 2.24) is 24.6 Å². The molecule has 2 aromatic carbocycles. The van der Waals surface area contributed by atoms with Crippen molar-refractivity contribution in [3.05, 3.63) is 48.8 Å². The molecule has 0 aliphatic carbocycles. The second kappa shape index (κ2) is 8.82. The normalized spacial score (nSPS) is 14.1. The van der Waals surface area contributed by atoms with Crippen LogP contribution in [0.15, 0.2) is 53.3 Å². The van der Waals surface area contributed by atoms with E-state index in [1.807, 2.05) is 51.9 Å². The second-order valence-corrected chi connectivity index (χ2v) is 7.98. The van der Waals surface area contributed by atoms with Crippen LogP contribution in [0.3, 0.4) is 0 Å². The van der Waals surface area contributed by atoms with Crippen molar-refractivity contribution < 1.29 is 14.1 Å². The minimum Gasteiger partial charge on any atom is -0.497 e. The average Bonchev–Trinajstić information content (AvgIpc) is 3.50. The van der Waals surface area contributed by atoms with Gasteiger partial charge in [0.05, 0.1) is 24.5 Å². The molecule has 1 aliphatic rings. The molecule has 0 N–H and O–H groups in total. The Morgan fingerprint density at radius 1 is 1.06 bits per heavy atom. The summed E-state index contributed by atoms with van der Waals surface area (Å²) in [7, 11) is 1.63. The topological polar surface area (TPSA) is 86.3 Å². The van der Waals surface area contributed by atoms with Crippen LogP contribution < -0.4 is 4.74 Å². The fourth-order valence-electron chi connectivity index (χ4n) is 4.09. The fraction of sp³-hybridized carbons (Fsp3) is 0.333. The molecular formula is C24H25N5O3. The number of hydrogen-bond donors (Lipinski definition) is 0. The average molecular weight is 431 g/mol. The summed E-state index contributed by atoms with van der Waals surface area (Å²) >= 11 is 0. The number of imidazole rings is 1. The minimum absolute atomic E-state index is 0.223. The van der Waals surface area contributed by atoms with E-state index in [9.17, 15) is 4.79 Å². The third-order valence-electron chi connectivity index (χ3n) is 5.92. The van der Waals surface area contributed by atoms with Gasteiger partial charge in [-0.25, -0.2) is 4.98 Å². The number of rotatable bonds is 6. The molecule has 3 heterocycles. The van der Waals surface area contributed by atoms with Crippen molar-refractivity contribution in [2.75, 3.05) is 20.2 Å². The van der Waals surface area contributed by atoms with Gasteiger partial charge in [0.2, 0.25) is 11.7 Å². The third-order valence-corrected chi connectivity index (χ3v) is 5.92. The Morgan fingerprint density at radius 3 is 2.62 bits per heavy atom. The van der Waals surface area contributed by atoms with Crippen molar-refractivity contribution in [2.45, 2.75) is 32.2 Å². The van der Waals surface area contributed by atoms with Crippen LogP contribution in [0.1, 0.15) is 25.7 Å². The van der Waals surface area contributed by atoms with Crippen LogP contribution in [0.4, 0.5) is 0 Å². The summed E-state index contributed by atoms with van der Waals surface area (Å²) in [5, 5.41) is 4.13. The van der Waals surface area contributed by atoms with Crippen LogP contribution in [-0.2, 0) is 11.3 Å². The molecule has 0 saturated carbocycles.